The van der Waals surface area contributed by atoms with Gasteiger partial charge in [0.1, 0.15) is 0 Å². The van der Waals surface area contributed by atoms with Crippen molar-refractivity contribution in [1.82, 2.24) is 20.2 Å². The van der Waals surface area contributed by atoms with Gasteiger partial charge in [-0.05, 0) is 38.1 Å². The van der Waals surface area contributed by atoms with Gasteiger partial charge in [0, 0.05) is 16.2 Å². The molecule has 2 aromatic rings. The first-order valence-electron chi connectivity index (χ1n) is 4.99. The lowest BCUT2D eigenvalue weighted by Crippen LogP contribution is -2.05. The van der Waals surface area contributed by atoms with Crippen LogP contribution in [-0.2, 0) is 6.42 Å². The molecule has 2 rings (SSSR count). The molecule has 2 heterocycles. The zero-order valence-corrected chi connectivity index (χ0v) is 9.95. The summed E-state index contributed by atoms with van der Waals surface area (Å²) in [6, 6.07) is 4.51. The van der Waals surface area contributed by atoms with Gasteiger partial charge in [0.2, 0.25) is 0 Å². The predicted octanol–water partition coefficient (Wildman–Crippen LogP) is 2.21. The number of rotatable bonds is 3. The topological polar surface area (TPSA) is 43.6 Å². The number of nitrogens with zero attached hydrogens (tertiary/aromatic N) is 4. The van der Waals surface area contributed by atoms with Crippen molar-refractivity contribution in [3.8, 4) is 0 Å². The number of hydrogen-bond acceptors (Lipinski definition) is 4. The van der Waals surface area contributed by atoms with Gasteiger partial charge in [0.15, 0.2) is 5.82 Å². The Hall–Kier alpha value is -1.23. The highest BCUT2D eigenvalue weighted by molar-refractivity contribution is 7.11. The van der Waals surface area contributed by atoms with E-state index in [1.165, 1.54) is 9.75 Å². The predicted molar refractivity (Wildman–Crippen MR) is 60.1 cm³/mol. The summed E-state index contributed by atoms with van der Waals surface area (Å²) < 4.78 is 0. The second kappa shape index (κ2) is 4.10. The van der Waals surface area contributed by atoms with Crippen molar-refractivity contribution in [2.24, 2.45) is 0 Å². The molecule has 5 heteroatoms. The fraction of sp³-hybridized carbons (Fsp3) is 0.500. The van der Waals surface area contributed by atoms with Crippen LogP contribution >= 0.6 is 11.3 Å². The number of thiophene rings is 1. The Morgan fingerprint density at radius 1 is 1.40 bits per heavy atom. The lowest BCUT2D eigenvalue weighted by Gasteiger charge is -1.98. The van der Waals surface area contributed by atoms with Gasteiger partial charge >= 0.3 is 0 Å². The average Bonchev–Trinajstić information content (AvgIpc) is 2.76. The molecule has 2 aromatic heterocycles. The first-order valence-corrected chi connectivity index (χ1v) is 5.80. The van der Waals surface area contributed by atoms with Crippen LogP contribution in [0.15, 0.2) is 12.1 Å². The van der Waals surface area contributed by atoms with Crippen LogP contribution < -0.4 is 0 Å². The van der Waals surface area contributed by atoms with Gasteiger partial charge in [-0.2, -0.15) is 4.80 Å². The molecule has 0 saturated carbocycles. The van der Waals surface area contributed by atoms with Crippen LogP contribution in [0.25, 0.3) is 0 Å². The van der Waals surface area contributed by atoms with Gasteiger partial charge < -0.3 is 0 Å². The third-order valence-corrected chi connectivity index (χ3v) is 3.06. The van der Waals surface area contributed by atoms with Crippen molar-refractivity contribution in [2.45, 2.75) is 33.2 Å². The minimum atomic E-state index is 0.274. The van der Waals surface area contributed by atoms with Gasteiger partial charge in [-0.1, -0.05) is 0 Å². The summed E-state index contributed by atoms with van der Waals surface area (Å²) in [6.07, 6.45) is 0.783. The van der Waals surface area contributed by atoms with Crippen LogP contribution in [0.5, 0.6) is 0 Å². The average molecular weight is 222 g/mol. The van der Waals surface area contributed by atoms with Crippen LogP contribution in [0, 0.1) is 6.92 Å². The number of aryl methyl sites for hydroxylation is 1. The molecule has 0 aliphatic heterocycles. The number of hydrogen-bond donors (Lipinski definition) is 0. The molecule has 0 spiro atoms. The van der Waals surface area contributed by atoms with Gasteiger partial charge in [-0.15, -0.1) is 21.5 Å². The lowest BCUT2D eigenvalue weighted by molar-refractivity contribution is 0.454. The fourth-order valence-corrected chi connectivity index (χ4v) is 2.17. The van der Waals surface area contributed by atoms with E-state index in [2.05, 4.69) is 34.5 Å². The van der Waals surface area contributed by atoms with Crippen LogP contribution in [-0.4, -0.2) is 20.2 Å². The second-order valence-corrected chi connectivity index (χ2v) is 5.18. The minimum Gasteiger partial charge on any atom is -0.162 e. The van der Waals surface area contributed by atoms with Crippen molar-refractivity contribution in [3.05, 3.63) is 27.7 Å². The van der Waals surface area contributed by atoms with Crippen molar-refractivity contribution in [3.63, 3.8) is 0 Å². The van der Waals surface area contributed by atoms with E-state index in [0.29, 0.717) is 0 Å². The first-order chi connectivity index (χ1) is 7.15. The maximum atomic E-state index is 4.32. The Labute approximate surface area is 92.9 Å². The molecule has 0 radical (unpaired) electrons. The monoisotopic (exact) mass is 222 g/mol. The third-order valence-electron chi connectivity index (χ3n) is 2.06. The van der Waals surface area contributed by atoms with E-state index in [0.717, 1.165) is 12.2 Å². The molecule has 0 aromatic carbocycles. The van der Waals surface area contributed by atoms with E-state index in [9.17, 15) is 0 Å². The van der Waals surface area contributed by atoms with Crippen molar-refractivity contribution in [2.75, 3.05) is 0 Å². The molecule has 0 fully saturated rings. The smallest absolute Gasteiger partial charge is 0.162 e. The Balaban J connectivity index is 2.11. The maximum Gasteiger partial charge on any atom is 0.180 e. The van der Waals surface area contributed by atoms with Crippen molar-refractivity contribution in [1.29, 1.82) is 0 Å². The van der Waals surface area contributed by atoms with Crippen LogP contribution in [0.1, 0.15) is 35.5 Å². The lowest BCUT2D eigenvalue weighted by atomic mass is 10.3. The molecule has 0 aliphatic rings. The summed E-state index contributed by atoms with van der Waals surface area (Å²) in [5.41, 5.74) is 0. The molecule has 0 amide bonds. The van der Waals surface area contributed by atoms with E-state index >= 15 is 0 Å². The zero-order valence-electron chi connectivity index (χ0n) is 9.14. The molecule has 0 aliphatic carbocycles. The molecular formula is C10H14N4S. The molecule has 0 bridgehead atoms. The summed E-state index contributed by atoms with van der Waals surface area (Å²) in [4.78, 5) is 4.26. The SMILES string of the molecule is Cc1ccc(Cc2nnn(C(C)C)n2)s1. The van der Waals surface area contributed by atoms with Gasteiger partial charge in [-0.3, -0.25) is 0 Å². The summed E-state index contributed by atoms with van der Waals surface area (Å²) >= 11 is 1.78. The first kappa shape index (κ1) is 10.3. The second-order valence-electron chi connectivity index (χ2n) is 3.81. The van der Waals surface area contributed by atoms with E-state index in [1.807, 2.05) is 13.8 Å². The highest BCUT2D eigenvalue weighted by Crippen LogP contribution is 2.17. The molecular weight excluding hydrogens is 208 g/mol. The van der Waals surface area contributed by atoms with Crippen LogP contribution in [0.3, 0.4) is 0 Å². The van der Waals surface area contributed by atoms with E-state index in [1.54, 1.807) is 16.1 Å². The Morgan fingerprint density at radius 3 is 2.73 bits per heavy atom. The summed E-state index contributed by atoms with van der Waals surface area (Å²) in [6.45, 7) is 6.19. The Kier molecular flexibility index (Phi) is 2.81. The summed E-state index contributed by atoms with van der Waals surface area (Å²) in [5, 5.41) is 12.3. The van der Waals surface area contributed by atoms with E-state index in [-0.39, 0.29) is 6.04 Å². The van der Waals surface area contributed by atoms with Crippen LogP contribution in [0.4, 0.5) is 0 Å². The van der Waals surface area contributed by atoms with Crippen molar-refractivity contribution < 1.29 is 0 Å². The molecule has 15 heavy (non-hydrogen) atoms. The third kappa shape index (κ3) is 2.41. The standard InChI is InChI=1S/C10H14N4S/c1-7(2)14-12-10(11-13-14)6-9-5-4-8(3)15-9/h4-5,7H,6H2,1-3H3. The zero-order chi connectivity index (χ0) is 10.8. The van der Waals surface area contributed by atoms with E-state index < -0.39 is 0 Å². The number of tetrazole rings is 1. The molecule has 0 N–H and O–H groups in total. The van der Waals surface area contributed by atoms with Crippen molar-refractivity contribution >= 4 is 11.3 Å². The quantitative estimate of drug-likeness (QED) is 0.799. The fourth-order valence-electron chi connectivity index (χ4n) is 1.28. The van der Waals surface area contributed by atoms with Gasteiger partial charge in [0.05, 0.1) is 6.04 Å². The maximum absolute atomic E-state index is 4.32. The summed E-state index contributed by atoms with van der Waals surface area (Å²) in [7, 11) is 0. The largest absolute Gasteiger partial charge is 0.180 e. The molecule has 0 atom stereocenters. The highest BCUT2D eigenvalue weighted by Gasteiger charge is 2.07. The van der Waals surface area contributed by atoms with Crippen LogP contribution in [0.2, 0.25) is 0 Å². The van der Waals surface area contributed by atoms with E-state index in [4.69, 9.17) is 0 Å². The molecule has 80 valence electrons. The Morgan fingerprint density at radius 2 is 2.20 bits per heavy atom. The molecule has 4 nitrogen and oxygen atoms in total. The summed E-state index contributed by atoms with van der Waals surface area (Å²) in [5.74, 6) is 0.797. The minimum absolute atomic E-state index is 0.274. The number of aromatic nitrogens is 4. The molecule has 0 saturated heterocycles. The molecule has 0 unspecified atom stereocenters. The Bertz CT molecular complexity index is 444. The van der Waals surface area contributed by atoms with Gasteiger partial charge in [-0.25, -0.2) is 0 Å². The van der Waals surface area contributed by atoms with Gasteiger partial charge in [0.25, 0.3) is 0 Å². The highest BCUT2D eigenvalue weighted by atomic mass is 32.1. The normalized spacial score (nSPS) is 11.2.